The van der Waals surface area contributed by atoms with Crippen molar-refractivity contribution in [1.29, 1.82) is 0 Å². The van der Waals surface area contributed by atoms with Gasteiger partial charge in [-0.15, -0.1) is 11.3 Å². The average molecular weight is 274 g/mol. The summed E-state index contributed by atoms with van der Waals surface area (Å²) in [4.78, 5) is 6.03. The van der Waals surface area contributed by atoms with E-state index in [1.165, 1.54) is 16.1 Å². The van der Waals surface area contributed by atoms with Gasteiger partial charge in [0.1, 0.15) is 0 Å². The molecule has 102 valence electrons. The Morgan fingerprint density at radius 3 is 2.89 bits per heavy atom. The lowest BCUT2D eigenvalue weighted by atomic mass is 10.0. The van der Waals surface area contributed by atoms with E-state index < -0.39 is 0 Å². The lowest BCUT2D eigenvalue weighted by Gasteiger charge is -2.19. The summed E-state index contributed by atoms with van der Waals surface area (Å²) in [6.07, 6.45) is 5.28. The molecule has 0 amide bonds. The molecule has 2 aromatic rings. The summed E-state index contributed by atoms with van der Waals surface area (Å²) < 4.78 is 0. The zero-order chi connectivity index (χ0) is 13.5. The van der Waals surface area contributed by atoms with Gasteiger partial charge < -0.3 is 5.32 Å². The molecule has 0 aliphatic heterocycles. The van der Waals surface area contributed by atoms with Crippen LogP contribution in [-0.2, 0) is 6.42 Å². The number of aromatic nitrogens is 1. The fourth-order valence-electron chi connectivity index (χ4n) is 2.26. The van der Waals surface area contributed by atoms with Gasteiger partial charge in [0, 0.05) is 11.1 Å². The van der Waals surface area contributed by atoms with Gasteiger partial charge in [-0.2, -0.15) is 0 Å². The Morgan fingerprint density at radius 2 is 2.21 bits per heavy atom. The maximum Gasteiger partial charge on any atom is 0.0602 e. The summed E-state index contributed by atoms with van der Waals surface area (Å²) in [7, 11) is 0. The topological polar surface area (TPSA) is 24.9 Å². The molecular formula is C16H22N2S. The Labute approximate surface area is 119 Å². The molecule has 19 heavy (non-hydrogen) atoms. The molecule has 0 fully saturated rings. The Morgan fingerprint density at radius 1 is 1.32 bits per heavy atom. The van der Waals surface area contributed by atoms with Crippen molar-refractivity contribution >= 4 is 11.3 Å². The van der Waals surface area contributed by atoms with Crippen molar-refractivity contribution in [2.24, 2.45) is 0 Å². The summed E-state index contributed by atoms with van der Waals surface area (Å²) in [6.45, 7) is 5.40. The van der Waals surface area contributed by atoms with Crippen LogP contribution < -0.4 is 5.32 Å². The molecule has 0 saturated heterocycles. The predicted molar refractivity (Wildman–Crippen MR) is 82.6 cm³/mol. The standard InChI is InChI=1S/C16H22N2S/c1-3-10-17-15(9-8-14-7-5-12-19-14)16-13(2)6-4-11-18-16/h4-7,11-12,15,17H,3,8-10H2,1-2H3. The number of nitrogens with one attached hydrogen (secondary N) is 1. The van der Waals surface area contributed by atoms with Gasteiger partial charge in [-0.3, -0.25) is 4.98 Å². The van der Waals surface area contributed by atoms with Gasteiger partial charge in [-0.05, 0) is 55.8 Å². The van der Waals surface area contributed by atoms with Gasteiger partial charge in [0.05, 0.1) is 11.7 Å². The highest BCUT2D eigenvalue weighted by Crippen LogP contribution is 2.22. The first-order chi connectivity index (χ1) is 9.31. The summed E-state index contributed by atoms with van der Waals surface area (Å²) in [6, 6.07) is 8.86. The van der Waals surface area contributed by atoms with Crippen molar-refractivity contribution in [3.8, 4) is 0 Å². The lowest BCUT2D eigenvalue weighted by molar-refractivity contribution is 0.488. The van der Waals surface area contributed by atoms with E-state index in [0.717, 1.165) is 25.8 Å². The van der Waals surface area contributed by atoms with Crippen LogP contribution in [-0.4, -0.2) is 11.5 Å². The fourth-order valence-corrected chi connectivity index (χ4v) is 2.98. The predicted octanol–water partition coefficient (Wildman–Crippen LogP) is 4.13. The number of rotatable bonds is 7. The first kappa shape index (κ1) is 14.2. The molecule has 2 nitrogen and oxygen atoms in total. The molecule has 1 N–H and O–H groups in total. The Hall–Kier alpha value is -1.19. The van der Waals surface area contributed by atoms with Crippen molar-refractivity contribution in [1.82, 2.24) is 10.3 Å². The average Bonchev–Trinajstić information content (AvgIpc) is 2.93. The highest BCUT2D eigenvalue weighted by atomic mass is 32.1. The van der Waals surface area contributed by atoms with E-state index >= 15 is 0 Å². The molecule has 0 aliphatic rings. The van der Waals surface area contributed by atoms with Gasteiger partial charge in [-0.1, -0.05) is 19.1 Å². The second-order valence-corrected chi connectivity index (χ2v) is 5.86. The van der Waals surface area contributed by atoms with Crippen LogP contribution in [0.1, 0.15) is 41.9 Å². The molecule has 0 bridgehead atoms. The Bertz CT molecular complexity index is 479. The molecule has 1 atom stereocenters. The van der Waals surface area contributed by atoms with Crippen molar-refractivity contribution < 1.29 is 0 Å². The van der Waals surface area contributed by atoms with Crippen molar-refractivity contribution in [3.05, 3.63) is 52.0 Å². The second-order valence-electron chi connectivity index (χ2n) is 4.83. The third-order valence-corrected chi connectivity index (χ3v) is 4.22. The van der Waals surface area contributed by atoms with E-state index in [1.54, 1.807) is 0 Å². The highest BCUT2D eigenvalue weighted by molar-refractivity contribution is 7.09. The number of hydrogen-bond acceptors (Lipinski definition) is 3. The largest absolute Gasteiger partial charge is 0.309 e. The number of pyridine rings is 1. The summed E-state index contributed by atoms with van der Waals surface area (Å²) in [5.41, 5.74) is 2.48. The van der Waals surface area contributed by atoms with E-state index in [0.29, 0.717) is 6.04 Å². The minimum Gasteiger partial charge on any atom is -0.309 e. The van der Waals surface area contributed by atoms with E-state index in [4.69, 9.17) is 0 Å². The zero-order valence-electron chi connectivity index (χ0n) is 11.7. The molecule has 0 aliphatic carbocycles. The Kier molecular flexibility index (Phi) is 5.55. The van der Waals surface area contributed by atoms with Gasteiger partial charge in [-0.25, -0.2) is 0 Å². The van der Waals surface area contributed by atoms with Gasteiger partial charge >= 0.3 is 0 Å². The van der Waals surface area contributed by atoms with Gasteiger partial charge in [0.25, 0.3) is 0 Å². The van der Waals surface area contributed by atoms with Crippen LogP contribution in [0.3, 0.4) is 0 Å². The Balaban J connectivity index is 2.05. The first-order valence-electron chi connectivity index (χ1n) is 6.98. The molecule has 2 rings (SSSR count). The van der Waals surface area contributed by atoms with Crippen molar-refractivity contribution in [3.63, 3.8) is 0 Å². The maximum absolute atomic E-state index is 4.57. The number of nitrogens with zero attached hydrogens (tertiary/aromatic N) is 1. The normalized spacial score (nSPS) is 12.5. The SMILES string of the molecule is CCCNC(CCc1cccs1)c1ncccc1C. The van der Waals surface area contributed by atoms with Gasteiger partial charge in [0.15, 0.2) is 0 Å². The van der Waals surface area contributed by atoms with Crippen LogP contribution in [0.2, 0.25) is 0 Å². The molecule has 2 aromatic heterocycles. The van der Waals surface area contributed by atoms with Crippen LogP contribution in [0.5, 0.6) is 0 Å². The van der Waals surface area contributed by atoms with E-state index in [2.05, 4.69) is 47.7 Å². The van der Waals surface area contributed by atoms with Crippen LogP contribution in [0.4, 0.5) is 0 Å². The van der Waals surface area contributed by atoms with Crippen LogP contribution in [0.25, 0.3) is 0 Å². The van der Waals surface area contributed by atoms with E-state index in [-0.39, 0.29) is 0 Å². The fraction of sp³-hybridized carbons (Fsp3) is 0.438. The lowest BCUT2D eigenvalue weighted by Crippen LogP contribution is -2.24. The monoisotopic (exact) mass is 274 g/mol. The quantitative estimate of drug-likeness (QED) is 0.821. The molecule has 0 radical (unpaired) electrons. The molecule has 1 unspecified atom stereocenters. The second kappa shape index (κ2) is 7.41. The first-order valence-corrected chi connectivity index (χ1v) is 7.86. The summed E-state index contributed by atoms with van der Waals surface area (Å²) in [5.74, 6) is 0. The summed E-state index contributed by atoms with van der Waals surface area (Å²) >= 11 is 1.84. The highest BCUT2D eigenvalue weighted by Gasteiger charge is 2.14. The van der Waals surface area contributed by atoms with Crippen LogP contribution >= 0.6 is 11.3 Å². The van der Waals surface area contributed by atoms with E-state index in [1.807, 2.05) is 23.6 Å². The number of aryl methyl sites for hydroxylation is 2. The minimum atomic E-state index is 0.364. The maximum atomic E-state index is 4.57. The number of hydrogen-bond donors (Lipinski definition) is 1. The van der Waals surface area contributed by atoms with Crippen molar-refractivity contribution in [2.75, 3.05) is 6.54 Å². The molecule has 2 heterocycles. The molecule has 3 heteroatoms. The van der Waals surface area contributed by atoms with E-state index in [9.17, 15) is 0 Å². The van der Waals surface area contributed by atoms with Crippen LogP contribution in [0, 0.1) is 6.92 Å². The summed E-state index contributed by atoms with van der Waals surface area (Å²) in [5, 5.41) is 5.78. The minimum absolute atomic E-state index is 0.364. The third kappa shape index (κ3) is 4.15. The van der Waals surface area contributed by atoms with Gasteiger partial charge in [0.2, 0.25) is 0 Å². The molecule has 0 spiro atoms. The van der Waals surface area contributed by atoms with Crippen molar-refractivity contribution in [2.45, 2.75) is 39.2 Å². The zero-order valence-corrected chi connectivity index (χ0v) is 12.5. The van der Waals surface area contributed by atoms with Crippen LogP contribution in [0.15, 0.2) is 35.8 Å². The smallest absolute Gasteiger partial charge is 0.0602 e. The molecular weight excluding hydrogens is 252 g/mol. The number of thiophene rings is 1. The third-order valence-electron chi connectivity index (χ3n) is 3.28. The molecule has 0 saturated carbocycles. The molecule has 0 aromatic carbocycles.